The maximum absolute atomic E-state index is 13.1. The predicted molar refractivity (Wildman–Crippen MR) is 161 cm³/mol. The molecule has 5 aromatic carbocycles. The number of hydrogen-bond acceptors (Lipinski definition) is 13. The van der Waals surface area contributed by atoms with Crippen molar-refractivity contribution in [2.24, 2.45) is 20.5 Å². The second kappa shape index (κ2) is 14.6. The van der Waals surface area contributed by atoms with E-state index in [0.717, 1.165) is 29.3 Å². The summed E-state index contributed by atoms with van der Waals surface area (Å²) in [5, 5.41) is 28.7. The number of nitrogens with zero attached hydrogens (tertiary/aromatic N) is 4. The maximum atomic E-state index is 13.1. The molecular formula is C28H21N7Na2O7S2. The normalized spacial score (nSPS) is 11.9. The van der Waals surface area contributed by atoms with Gasteiger partial charge >= 0.3 is 59.1 Å². The number of rotatable bonds is 7. The van der Waals surface area contributed by atoms with Crippen LogP contribution in [0.4, 0.5) is 39.8 Å². The van der Waals surface area contributed by atoms with E-state index in [4.69, 9.17) is 17.2 Å². The van der Waals surface area contributed by atoms with Crippen LogP contribution in [-0.4, -0.2) is 25.9 Å². The Labute approximate surface area is 307 Å². The van der Waals surface area contributed by atoms with Gasteiger partial charge < -0.3 is 26.9 Å². The van der Waals surface area contributed by atoms with Crippen LogP contribution in [0.5, 0.6) is 5.75 Å². The molecular weight excluding hydrogens is 656 g/mol. The third-order valence-corrected chi connectivity index (χ3v) is 8.13. The third-order valence-electron chi connectivity index (χ3n) is 6.37. The fraction of sp³-hybridized carbons (Fsp3) is 0. The molecule has 0 saturated carbocycles. The first-order valence-electron chi connectivity index (χ1n) is 12.4. The molecule has 0 aliphatic carbocycles. The van der Waals surface area contributed by atoms with Gasteiger partial charge in [0.25, 0.3) is 10.1 Å². The van der Waals surface area contributed by atoms with Gasteiger partial charge in [-0.05, 0) is 82.6 Å². The van der Waals surface area contributed by atoms with Gasteiger partial charge in [-0.1, -0.05) is 30.0 Å². The van der Waals surface area contributed by atoms with Gasteiger partial charge in [-0.25, -0.2) is 8.42 Å². The van der Waals surface area contributed by atoms with Gasteiger partial charge in [-0.15, -0.1) is 10.2 Å². The molecule has 0 spiro atoms. The second-order valence-corrected chi connectivity index (χ2v) is 12.1. The Morgan fingerprint density at radius 1 is 0.630 bits per heavy atom. The van der Waals surface area contributed by atoms with Crippen molar-refractivity contribution in [3.05, 3.63) is 84.9 Å². The van der Waals surface area contributed by atoms with Crippen LogP contribution in [0.2, 0.25) is 0 Å². The van der Waals surface area contributed by atoms with Crippen molar-refractivity contribution in [1.82, 2.24) is 0 Å². The van der Waals surface area contributed by atoms with Crippen molar-refractivity contribution in [2.45, 2.75) is 9.79 Å². The van der Waals surface area contributed by atoms with Crippen LogP contribution in [0.25, 0.3) is 21.9 Å². The predicted octanol–water partition coefficient (Wildman–Crippen LogP) is -0.683. The van der Waals surface area contributed by atoms with E-state index in [1.165, 1.54) is 0 Å². The average Bonchev–Trinajstić information content (AvgIpc) is 2.96. The molecule has 0 unspecified atom stereocenters. The summed E-state index contributed by atoms with van der Waals surface area (Å²) in [6.45, 7) is 0. The molecule has 0 aromatic heterocycles. The Hall–Kier alpha value is -3.42. The zero-order valence-electron chi connectivity index (χ0n) is 24.3. The summed E-state index contributed by atoms with van der Waals surface area (Å²) >= 11 is 0. The van der Waals surface area contributed by atoms with Gasteiger partial charge in [-0.3, -0.25) is 4.55 Å². The monoisotopic (exact) mass is 677 g/mol. The molecule has 0 radical (unpaired) electrons. The zero-order valence-corrected chi connectivity index (χ0v) is 30.0. The summed E-state index contributed by atoms with van der Waals surface area (Å²) in [7, 11) is -10.1. The summed E-state index contributed by atoms with van der Waals surface area (Å²) in [4.78, 5) is -1.77. The van der Waals surface area contributed by atoms with Crippen molar-refractivity contribution < 1.29 is 90.2 Å². The van der Waals surface area contributed by atoms with E-state index in [1.54, 1.807) is 54.6 Å². The molecule has 7 N–H and O–H groups in total. The zero-order chi connectivity index (χ0) is 31.8. The van der Waals surface area contributed by atoms with E-state index in [2.05, 4.69) is 20.5 Å². The minimum atomic E-state index is -5.03. The smallest absolute Gasteiger partial charge is 0.871 e. The molecule has 0 aliphatic rings. The van der Waals surface area contributed by atoms with Gasteiger partial charge in [0.2, 0.25) is 0 Å². The molecule has 5 rings (SSSR count). The molecule has 0 heterocycles. The third kappa shape index (κ3) is 8.29. The van der Waals surface area contributed by atoms with Crippen LogP contribution in [0.1, 0.15) is 0 Å². The summed E-state index contributed by atoms with van der Waals surface area (Å²) in [6.07, 6.45) is 0. The number of benzene rings is 5. The van der Waals surface area contributed by atoms with Crippen LogP contribution in [0.3, 0.4) is 0 Å². The molecule has 0 aliphatic heterocycles. The van der Waals surface area contributed by atoms with Crippen molar-refractivity contribution in [1.29, 1.82) is 0 Å². The van der Waals surface area contributed by atoms with E-state index in [0.29, 0.717) is 22.7 Å². The molecule has 0 atom stereocenters. The number of nitrogens with two attached hydrogens (primary N) is 3. The standard InChI is InChI=1S/C28H23N7O7S2.2Na/c29-18-5-10-24(22(30)13-18)34-32-19-6-1-15(2-7-19)16-3-8-20(9-4-16)33-35-27-26(44(40,41)42)12-17-11-25(43(37,38)39)23(31)14-21(17)28(27)36;;/h1-14,36H,29-31H2,(H,37,38,39)(H,40,41,42);;/q;2*+1/p-2. The summed E-state index contributed by atoms with van der Waals surface area (Å²) < 4.78 is 68.3. The molecule has 0 amide bonds. The first kappa shape index (κ1) is 37.0. The Morgan fingerprint density at radius 2 is 1.15 bits per heavy atom. The van der Waals surface area contributed by atoms with Crippen molar-refractivity contribution in [3.63, 3.8) is 0 Å². The molecule has 18 heteroatoms. The number of hydrogen-bond donors (Lipinski definition) is 4. The number of nitrogen functional groups attached to an aromatic ring is 3. The van der Waals surface area contributed by atoms with Crippen LogP contribution in [-0.2, 0) is 20.2 Å². The molecule has 14 nitrogen and oxygen atoms in total. The average molecular weight is 678 g/mol. The first-order valence-corrected chi connectivity index (χ1v) is 15.2. The minimum absolute atomic E-state index is 0. The van der Waals surface area contributed by atoms with Crippen LogP contribution in [0.15, 0.2) is 115 Å². The number of anilines is 3. The van der Waals surface area contributed by atoms with E-state index in [9.17, 15) is 31.0 Å². The van der Waals surface area contributed by atoms with Crippen LogP contribution < -0.4 is 81.4 Å². The number of fused-ring (bicyclic) bond motifs is 1. The molecule has 0 fully saturated rings. The van der Waals surface area contributed by atoms with Gasteiger partial charge in [0.05, 0.1) is 27.6 Å². The largest absolute Gasteiger partial charge is 1.00 e. The SMILES string of the molecule is Nc1ccc(N=Nc2ccc(-c3ccc(N=Nc4c(S(=O)(=O)O)cc5cc(S(=O)(=O)[O-])c(N)cc5c4[O-])cc3)cc2)c(N)c1.[Na+].[Na+]. The quantitative estimate of drug-likeness (QED) is 0.0729. The Kier molecular flexibility index (Phi) is 11.7. The summed E-state index contributed by atoms with van der Waals surface area (Å²) in [6, 6.07) is 21.1. The molecule has 224 valence electrons. The molecule has 0 bridgehead atoms. The number of azo groups is 2. The Morgan fingerprint density at radius 3 is 1.65 bits per heavy atom. The van der Waals surface area contributed by atoms with Crippen molar-refractivity contribution >= 4 is 70.8 Å². The van der Waals surface area contributed by atoms with E-state index in [-0.39, 0.29) is 75.6 Å². The topological polar surface area (TPSA) is 262 Å². The Bertz CT molecular complexity index is 2220. The molecule has 46 heavy (non-hydrogen) atoms. The Balaban J connectivity index is 0.00000288. The van der Waals surface area contributed by atoms with Gasteiger partial charge in [0.1, 0.15) is 20.7 Å². The van der Waals surface area contributed by atoms with Crippen molar-refractivity contribution in [3.8, 4) is 16.9 Å². The van der Waals surface area contributed by atoms with Gasteiger partial charge in [0.15, 0.2) is 0 Å². The van der Waals surface area contributed by atoms with Crippen LogP contribution >= 0.6 is 0 Å². The van der Waals surface area contributed by atoms with E-state index < -0.39 is 47.2 Å². The molecule has 5 aromatic rings. The minimum Gasteiger partial charge on any atom is -0.871 e. The summed E-state index contributed by atoms with van der Waals surface area (Å²) in [5.74, 6) is -1.01. The maximum Gasteiger partial charge on any atom is 1.00 e. The fourth-order valence-electron chi connectivity index (χ4n) is 4.21. The molecule has 0 saturated heterocycles. The van der Waals surface area contributed by atoms with Crippen molar-refractivity contribution in [2.75, 3.05) is 17.2 Å². The second-order valence-electron chi connectivity index (χ2n) is 9.40. The van der Waals surface area contributed by atoms with Gasteiger partial charge in [0, 0.05) is 11.4 Å². The van der Waals surface area contributed by atoms with E-state index in [1.807, 2.05) is 12.1 Å². The van der Waals surface area contributed by atoms with E-state index >= 15 is 0 Å². The van der Waals surface area contributed by atoms with Crippen LogP contribution in [0, 0.1) is 0 Å². The summed E-state index contributed by atoms with van der Waals surface area (Å²) in [5.41, 5.74) is 19.9. The van der Waals surface area contributed by atoms with Gasteiger partial charge in [-0.2, -0.15) is 18.6 Å². The first-order chi connectivity index (χ1) is 20.7. The fourth-order valence-corrected chi connectivity index (χ4v) is 5.48.